The second kappa shape index (κ2) is 12.9. The molecule has 0 unspecified atom stereocenters. The first-order chi connectivity index (χ1) is 18.7. The lowest BCUT2D eigenvalue weighted by atomic mass is 10.1. The van der Waals surface area contributed by atoms with Crippen molar-refractivity contribution in [2.75, 3.05) is 10.8 Å². The molecule has 39 heavy (non-hydrogen) atoms. The minimum Gasteiger partial charge on any atom is -0.352 e. The van der Waals surface area contributed by atoms with Crippen molar-refractivity contribution in [2.24, 2.45) is 0 Å². The predicted molar refractivity (Wildman–Crippen MR) is 154 cm³/mol. The fraction of sp³-hybridized carbons (Fsp3) is 0.310. The molecule has 206 valence electrons. The van der Waals surface area contributed by atoms with E-state index in [0.717, 1.165) is 30.0 Å². The minimum absolute atomic E-state index is 0.0161. The third kappa shape index (κ3) is 6.93. The molecule has 1 fully saturated rings. The highest BCUT2D eigenvalue weighted by Gasteiger charge is 2.34. The molecular formula is C29H31Cl2N3O4S. The highest BCUT2D eigenvalue weighted by molar-refractivity contribution is 7.92. The molecule has 0 radical (unpaired) electrons. The van der Waals surface area contributed by atoms with Crippen LogP contribution in [0.15, 0.2) is 83.8 Å². The Bertz CT molecular complexity index is 1410. The number of hydrogen-bond acceptors (Lipinski definition) is 4. The number of hydrogen-bond donors (Lipinski definition) is 1. The number of nitrogens with zero attached hydrogens (tertiary/aromatic N) is 2. The molecule has 7 nitrogen and oxygen atoms in total. The van der Waals surface area contributed by atoms with E-state index in [-0.39, 0.29) is 34.1 Å². The van der Waals surface area contributed by atoms with Gasteiger partial charge in [-0.05, 0) is 55.7 Å². The summed E-state index contributed by atoms with van der Waals surface area (Å²) in [6.07, 6.45) is 3.89. The number of halogens is 2. The summed E-state index contributed by atoms with van der Waals surface area (Å²) >= 11 is 12.8. The van der Waals surface area contributed by atoms with E-state index in [4.69, 9.17) is 23.2 Å². The van der Waals surface area contributed by atoms with E-state index in [0.29, 0.717) is 10.6 Å². The molecule has 1 aliphatic rings. The largest absolute Gasteiger partial charge is 0.352 e. The maximum Gasteiger partial charge on any atom is 0.264 e. The Morgan fingerprint density at radius 2 is 1.49 bits per heavy atom. The molecule has 0 spiro atoms. The number of anilines is 1. The third-order valence-corrected chi connectivity index (χ3v) is 9.36. The highest BCUT2D eigenvalue weighted by Crippen LogP contribution is 2.31. The molecule has 1 saturated carbocycles. The molecule has 0 aromatic heterocycles. The molecule has 1 atom stereocenters. The summed E-state index contributed by atoms with van der Waals surface area (Å²) in [6, 6.07) is 20.5. The molecule has 0 aliphatic heterocycles. The number of sulfonamides is 1. The van der Waals surface area contributed by atoms with Crippen LogP contribution in [0.5, 0.6) is 0 Å². The standard InChI is InChI=1S/C29H31Cl2N3O4S/c1-21(29(36)32-23-12-6-7-13-23)33(19-22-11-5-8-16-25(22)30)28(35)20-34(27-18-10-9-17-26(27)31)39(37,38)24-14-3-2-4-15-24/h2-5,8-11,14-18,21,23H,6-7,12-13,19-20H2,1H3,(H,32,36)/t21-/m1/s1. The number of benzene rings is 3. The Hall–Kier alpha value is -3.07. The van der Waals surface area contributed by atoms with E-state index in [2.05, 4.69) is 5.32 Å². The van der Waals surface area contributed by atoms with Crippen LogP contribution < -0.4 is 9.62 Å². The minimum atomic E-state index is -4.18. The molecule has 0 saturated heterocycles. The van der Waals surface area contributed by atoms with Gasteiger partial charge in [-0.1, -0.05) is 84.6 Å². The lowest BCUT2D eigenvalue weighted by Gasteiger charge is -2.33. The van der Waals surface area contributed by atoms with Crippen LogP contribution in [-0.4, -0.2) is 43.8 Å². The van der Waals surface area contributed by atoms with Crippen molar-refractivity contribution < 1.29 is 18.0 Å². The number of rotatable bonds is 10. The molecule has 1 aliphatic carbocycles. The van der Waals surface area contributed by atoms with E-state index in [9.17, 15) is 18.0 Å². The molecule has 10 heteroatoms. The van der Waals surface area contributed by atoms with Gasteiger partial charge in [0.25, 0.3) is 10.0 Å². The Labute approximate surface area is 239 Å². The number of carbonyl (C=O) groups excluding carboxylic acids is 2. The number of nitrogens with one attached hydrogen (secondary N) is 1. The second-order valence-corrected chi connectivity index (χ2v) is 12.2. The van der Waals surface area contributed by atoms with Crippen molar-refractivity contribution in [3.8, 4) is 0 Å². The van der Waals surface area contributed by atoms with E-state index < -0.39 is 28.5 Å². The zero-order valence-corrected chi connectivity index (χ0v) is 23.9. The Morgan fingerprint density at radius 3 is 2.13 bits per heavy atom. The number of amides is 2. The summed E-state index contributed by atoms with van der Waals surface area (Å²) in [7, 11) is -4.18. The molecule has 0 heterocycles. The van der Waals surface area contributed by atoms with Crippen LogP contribution in [0, 0.1) is 0 Å². The van der Waals surface area contributed by atoms with Gasteiger partial charge in [-0.3, -0.25) is 13.9 Å². The molecule has 1 N–H and O–H groups in total. The molecule has 3 aromatic carbocycles. The van der Waals surface area contributed by atoms with Gasteiger partial charge in [0, 0.05) is 17.6 Å². The Balaban J connectivity index is 1.69. The summed E-state index contributed by atoms with van der Waals surface area (Å²) in [5.74, 6) is -0.860. The van der Waals surface area contributed by atoms with E-state index in [1.165, 1.54) is 17.0 Å². The predicted octanol–water partition coefficient (Wildman–Crippen LogP) is 5.66. The van der Waals surface area contributed by atoms with Crippen LogP contribution in [0.4, 0.5) is 5.69 Å². The van der Waals surface area contributed by atoms with Gasteiger partial charge < -0.3 is 10.2 Å². The SMILES string of the molecule is C[C@H](C(=O)NC1CCCC1)N(Cc1ccccc1Cl)C(=O)CN(c1ccccc1Cl)S(=O)(=O)c1ccccc1. The van der Waals surface area contributed by atoms with Gasteiger partial charge in [-0.25, -0.2) is 8.42 Å². The van der Waals surface area contributed by atoms with Gasteiger partial charge in [0.05, 0.1) is 15.6 Å². The molecule has 0 bridgehead atoms. The molecule has 2 amide bonds. The Kier molecular flexibility index (Phi) is 9.53. The number of para-hydroxylation sites is 1. The van der Waals surface area contributed by atoms with Crippen molar-refractivity contribution >= 4 is 50.7 Å². The van der Waals surface area contributed by atoms with Crippen molar-refractivity contribution in [1.82, 2.24) is 10.2 Å². The Morgan fingerprint density at radius 1 is 0.897 bits per heavy atom. The summed E-state index contributed by atoms with van der Waals surface area (Å²) < 4.78 is 28.6. The van der Waals surface area contributed by atoms with Gasteiger partial charge >= 0.3 is 0 Å². The van der Waals surface area contributed by atoms with Crippen LogP contribution in [-0.2, 0) is 26.2 Å². The topological polar surface area (TPSA) is 86.8 Å². The quantitative estimate of drug-likeness (QED) is 0.331. The number of carbonyl (C=O) groups is 2. The first-order valence-electron chi connectivity index (χ1n) is 12.8. The van der Waals surface area contributed by atoms with Crippen molar-refractivity contribution in [2.45, 2.75) is 56.1 Å². The summed E-state index contributed by atoms with van der Waals surface area (Å²) in [5.41, 5.74) is 0.806. The lowest BCUT2D eigenvalue weighted by Crippen LogP contribution is -2.52. The maximum absolute atomic E-state index is 14.0. The average molecular weight is 589 g/mol. The van der Waals surface area contributed by atoms with Gasteiger partial charge in [0.2, 0.25) is 11.8 Å². The molecular weight excluding hydrogens is 557 g/mol. The fourth-order valence-electron chi connectivity index (χ4n) is 4.67. The van der Waals surface area contributed by atoms with Crippen LogP contribution in [0.3, 0.4) is 0 Å². The van der Waals surface area contributed by atoms with E-state index in [1.807, 2.05) is 0 Å². The van der Waals surface area contributed by atoms with E-state index in [1.54, 1.807) is 73.7 Å². The zero-order valence-electron chi connectivity index (χ0n) is 21.6. The van der Waals surface area contributed by atoms with Crippen LogP contribution in [0.1, 0.15) is 38.2 Å². The van der Waals surface area contributed by atoms with Crippen molar-refractivity contribution in [1.29, 1.82) is 0 Å². The van der Waals surface area contributed by atoms with E-state index >= 15 is 0 Å². The summed E-state index contributed by atoms with van der Waals surface area (Å²) in [5, 5.41) is 3.66. The summed E-state index contributed by atoms with van der Waals surface area (Å²) in [6.45, 7) is 1.11. The van der Waals surface area contributed by atoms with Gasteiger partial charge in [-0.15, -0.1) is 0 Å². The lowest BCUT2D eigenvalue weighted by molar-refractivity contribution is -0.139. The summed E-state index contributed by atoms with van der Waals surface area (Å²) in [4.78, 5) is 28.6. The van der Waals surface area contributed by atoms with Crippen LogP contribution in [0.2, 0.25) is 10.0 Å². The second-order valence-electron chi connectivity index (χ2n) is 9.56. The van der Waals surface area contributed by atoms with Crippen LogP contribution >= 0.6 is 23.2 Å². The molecule has 4 rings (SSSR count). The fourth-order valence-corrected chi connectivity index (χ4v) is 6.61. The first kappa shape index (κ1) is 28.9. The zero-order chi connectivity index (χ0) is 28.0. The molecule has 3 aromatic rings. The maximum atomic E-state index is 14.0. The van der Waals surface area contributed by atoms with Crippen LogP contribution in [0.25, 0.3) is 0 Å². The average Bonchev–Trinajstić information content (AvgIpc) is 3.45. The van der Waals surface area contributed by atoms with Gasteiger partial charge in [0.1, 0.15) is 12.6 Å². The monoisotopic (exact) mass is 587 g/mol. The highest BCUT2D eigenvalue weighted by atomic mass is 35.5. The first-order valence-corrected chi connectivity index (χ1v) is 15.0. The van der Waals surface area contributed by atoms with Crippen molar-refractivity contribution in [3.05, 3.63) is 94.5 Å². The van der Waals surface area contributed by atoms with Crippen molar-refractivity contribution in [3.63, 3.8) is 0 Å². The third-order valence-electron chi connectivity index (χ3n) is 6.90. The van der Waals surface area contributed by atoms with Gasteiger partial charge in [0.15, 0.2) is 0 Å². The normalized spacial score (nSPS) is 14.5. The smallest absolute Gasteiger partial charge is 0.264 e. The van der Waals surface area contributed by atoms with Gasteiger partial charge in [-0.2, -0.15) is 0 Å².